The molecule has 1 N–H and O–H groups in total. The number of carbonyl (C=O) groups excluding carboxylic acids is 1. The van der Waals surface area contributed by atoms with Crippen LogP contribution in [-0.4, -0.2) is 23.2 Å². The van der Waals surface area contributed by atoms with E-state index in [2.05, 4.69) is 4.98 Å². The third-order valence-electron chi connectivity index (χ3n) is 3.95. The van der Waals surface area contributed by atoms with Gasteiger partial charge in [-0.15, -0.1) is 0 Å². The maximum Gasteiger partial charge on any atom is 0.356 e. The van der Waals surface area contributed by atoms with E-state index in [0.29, 0.717) is 11.3 Å². The van der Waals surface area contributed by atoms with Gasteiger partial charge in [0, 0.05) is 5.56 Å². The first-order chi connectivity index (χ1) is 11.1. The highest BCUT2D eigenvalue weighted by atomic mass is 19.1. The van der Waals surface area contributed by atoms with Crippen molar-refractivity contribution in [3.05, 3.63) is 59.2 Å². The van der Waals surface area contributed by atoms with Gasteiger partial charge in [0.25, 0.3) is 0 Å². The third kappa shape index (κ3) is 2.95. The number of hydrogen-bond acceptors (Lipinski definition) is 4. The molecule has 0 bridgehead atoms. The topological polar surface area (TPSA) is 59.4 Å². The van der Waals surface area contributed by atoms with E-state index in [9.17, 15) is 14.3 Å². The molecular weight excluding hydrogens is 297 g/mol. The first kappa shape index (κ1) is 15.2. The first-order valence-corrected chi connectivity index (χ1v) is 7.37. The summed E-state index contributed by atoms with van der Waals surface area (Å²) in [6.45, 7) is 0. The molecule has 1 heterocycles. The number of methoxy groups -OCH3 is 1. The fraction of sp³-hybridized carbons (Fsp3) is 0.222. The molecule has 1 aliphatic carbocycles. The van der Waals surface area contributed by atoms with Crippen molar-refractivity contribution in [3.8, 4) is 5.75 Å². The van der Waals surface area contributed by atoms with Crippen molar-refractivity contribution in [3.63, 3.8) is 0 Å². The Morgan fingerprint density at radius 3 is 2.78 bits per heavy atom. The number of aromatic hydroxyl groups is 1. The number of nitrogens with zero attached hydrogens (tertiary/aromatic N) is 1. The summed E-state index contributed by atoms with van der Waals surface area (Å²) in [7, 11) is 1.31. The van der Waals surface area contributed by atoms with Crippen molar-refractivity contribution in [2.45, 2.75) is 19.3 Å². The highest BCUT2D eigenvalue weighted by Crippen LogP contribution is 2.42. The number of phenols is 1. The number of esters is 1. The molecule has 0 spiro atoms. The van der Waals surface area contributed by atoms with Gasteiger partial charge in [-0.2, -0.15) is 0 Å². The molecule has 23 heavy (non-hydrogen) atoms. The van der Waals surface area contributed by atoms with Crippen LogP contribution in [-0.2, 0) is 4.74 Å². The second-order valence-corrected chi connectivity index (χ2v) is 5.37. The van der Waals surface area contributed by atoms with Crippen LogP contribution >= 0.6 is 0 Å². The normalized spacial score (nSPS) is 14.2. The third-order valence-corrected chi connectivity index (χ3v) is 3.95. The van der Waals surface area contributed by atoms with Crippen LogP contribution in [0.5, 0.6) is 5.75 Å². The number of pyridine rings is 1. The number of ether oxygens (including phenoxy) is 1. The standard InChI is InChI=1S/C18H16FNO3/c1-23-18(22)16-7-3-6-15(20-16)13-5-2-4-12(13)14-10-11(19)8-9-17(14)21/h3,6-10,21H,2,4-5H2,1H3. The largest absolute Gasteiger partial charge is 0.507 e. The molecule has 1 aromatic heterocycles. The smallest absolute Gasteiger partial charge is 0.356 e. The summed E-state index contributed by atoms with van der Waals surface area (Å²) in [4.78, 5) is 16.0. The lowest BCUT2D eigenvalue weighted by Gasteiger charge is -2.10. The molecule has 5 heteroatoms. The number of aromatic nitrogens is 1. The summed E-state index contributed by atoms with van der Waals surface area (Å²) >= 11 is 0. The highest BCUT2D eigenvalue weighted by Gasteiger charge is 2.22. The summed E-state index contributed by atoms with van der Waals surface area (Å²) in [6.07, 6.45) is 2.39. The summed E-state index contributed by atoms with van der Waals surface area (Å²) in [5.74, 6) is -0.849. The maximum absolute atomic E-state index is 13.5. The number of hydrogen-bond donors (Lipinski definition) is 1. The van der Waals surface area contributed by atoms with Crippen LogP contribution in [0.2, 0.25) is 0 Å². The van der Waals surface area contributed by atoms with E-state index in [4.69, 9.17) is 4.74 Å². The summed E-state index contributed by atoms with van der Waals surface area (Å²) in [5, 5.41) is 10.0. The lowest BCUT2D eigenvalue weighted by atomic mass is 9.99. The predicted octanol–water partition coefficient (Wildman–Crippen LogP) is 3.81. The molecule has 0 radical (unpaired) electrons. The van der Waals surface area contributed by atoms with Crippen molar-refractivity contribution in [1.82, 2.24) is 4.98 Å². The quantitative estimate of drug-likeness (QED) is 0.875. The Kier molecular flexibility index (Phi) is 4.10. The molecule has 1 aromatic carbocycles. The molecule has 0 amide bonds. The van der Waals surface area contributed by atoms with Gasteiger partial charge < -0.3 is 9.84 Å². The van der Waals surface area contributed by atoms with Gasteiger partial charge in [0.05, 0.1) is 12.8 Å². The minimum atomic E-state index is -0.499. The van der Waals surface area contributed by atoms with E-state index >= 15 is 0 Å². The second kappa shape index (κ2) is 6.20. The molecule has 0 fully saturated rings. The summed E-state index contributed by atoms with van der Waals surface area (Å²) < 4.78 is 18.2. The lowest BCUT2D eigenvalue weighted by Crippen LogP contribution is -2.05. The maximum atomic E-state index is 13.5. The zero-order chi connectivity index (χ0) is 16.4. The van der Waals surface area contributed by atoms with E-state index in [-0.39, 0.29) is 11.4 Å². The van der Waals surface area contributed by atoms with Crippen LogP contribution in [0.4, 0.5) is 4.39 Å². The molecule has 3 rings (SSSR count). The number of rotatable bonds is 3. The number of allylic oxidation sites excluding steroid dienone is 2. The Bertz CT molecular complexity index is 799. The Morgan fingerprint density at radius 1 is 1.22 bits per heavy atom. The number of phenolic OH excluding ortho intramolecular Hbond substituents is 1. The van der Waals surface area contributed by atoms with E-state index in [0.717, 1.165) is 30.4 Å². The molecule has 0 aliphatic heterocycles. The van der Waals surface area contributed by atoms with Crippen LogP contribution in [0.25, 0.3) is 11.1 Å². The van der Waals surface area contributed by atoms with Gasteiger partial charge in [0.1, 0.15) is 17.3 Å². The van der Waals surface area contributed by atoms with Crippen molar-refractivity contribution in [2.24, 2.45) is 0 Å². The SMILES string of the molecule is COC(=O)c1cccc(C2=C(c3cc(F)ccc3O)CCC2)n1. The molecule has 0 unspecified atom stereocenters. The molecule has 0 atom stereocenters. The van der Waals surface area contributed by atoms with Crippen LogP contribution in [0.3, 0.4) is 0 Å². The van der Waals surface area contributed by atoms with Gasteiger partial charge in [-0.1, -0.05) is 6.07 Å². The van der Waals surface area contributed by atoms with Crippen molar-refractivity contribution in [1.29, 1.82) is 0 Å². The Morgan fingerprint density at radius 2 is 2.00 bits per heavy atom. The van der Waals surface area contributed by atoms with Gasteiger partial charge in [0.2, 0.25) is 0 Å². The molecule has 4 nitrogen and oxygen atoms in total. The molecular formula is C18H16FNO3. The molecule has 0 saturated carbocycles. The number of benzene rings is 1. The van der Waals surface area contributed by atoms with Crippen LogP contribution in [0.1, 0.15) is 41.0 Å². The Labute approximate surface area is 133 Å². The Balaban J connectivity index is 2.10. The van der Waals surface area contributed by atoms with Gasteiger partial charge in [-0.25, -0.2) is 14.2 Å². The van der Waals surface area contributed by atoms with Crippen molar-refractivity contribution in [2.75, 3.05) is 7.11 Å². The zero-order valence-electron chi connectivity index (χ0n) is 12.7. The molecule has 0 saturated heterocycles. The van der Waals surface area contributed by atoms with E-state index in [1.54, 1.807) is 12.1 Å². The average Bonchev–Trinajstić information content (AvgIpc) is 3.06. The van der Waals surface area contributed by atoms with Gasteiger partial charge in [-0.05, 0) is 60.7 Å². The molecule has 118 valence electrons. The van der Waals surface area contributed by atoms with Gasteiger partial charge >= 0.3 is 5.97 Å². The number of carbonyl (C=O) groups is 1. The molecule has 1 aliphatic rings. The lowest BCUT2D eigenvalue weighted by molar-refractivity contribution is 0.0594. The first-order valence-electron chi connectivity index (χ1n) is 7.37. The van der Waals surface area contributed by atoms with Crippen molar-refractivity contribution < 1.29 is 19.0 Å². The molecule has 2 aromatic rings. The highest BCUT2D eigenvalue weighted by molar-refractivity contribution is 5.94. The van der Waals surface area contributed by atoms with Crippen molar-refractivity contribution >= 4 is 17.1 Å². The Hall–Kier alpha value is -2.69. The second-order valence-electron chi connectivity index (χ2n) is 5.37. The fourth-order valence-corrected chi connectivity index (χ4v) is 2.89. The monoisotopic (exact) mass is 313 g/mol. The van der Waals surface area contributed by atoms with Gasteiger partial charge in [-0.3, -0.25) is 0 Å². The van der Waals surface area contributed by atoms with E-state index < -0.39 is 11.8 Å². The van der Waals surface area contributed by atoms with Gasteiger partial charge in [0.15, 0.2) is 0 Å². The van der Waals surface area contributed by atoms with E-state index in [1.165, 1.54) is 25.3 Å². The minimum absolute atomic E-state index is 0.0462. The summed E-state index contributed by atoms with van der Waals surface area (Å²) in [5.41, 5.74) is 3.17. The fourth-order valence-electron chi connectivity index (χ4n) is 2.89. The predicted molar refractivity (Wildman–Crippen MR) is 84.3 cm³/mol. The van der Waals surface area contributed by atoms with E-state index in [1.807, 2.05) is 6.07 Å². The summed E-state index contributed by atoms with van der Waals surface area (Å²) in [6, 6.07) is 9.05. The number of halogens is 1. The van der Waals surface area contributed by atoms with Crippen LogP contribution < -0.4 is 0 Å². The average molecular weight is 313 g/mol. The van der Waals surface area contributed by atoms with Crippen LogP contribution in [0, 0.1) is 5.82 Å². The minimum Gasteiger partial charge on any atom is -0.507 e. The van der Waals surface area contributed by atoms with Crippen LogP contribution in [0.15, 0.2) is 36.4 Å². The zero-order valence-corrected chi connectivity index (χ0v) is 12.7.